The Labute approximate surface area is 123 Å². The maximum absolute atomic E-state index is 13.1. The van der Waals surface area contributed by atoms with Gasteiger partial charge >= 0.3 is 0 Å². The molecule has 1 N–H and O–H groups in total. The quantitative estimate of drug-likeness (QED) is 0.767. The Kier molecular flexibility index (Phi) is 3.97. The van der Waals surface area contributed by atoms with Crippen LogP contribution in [0.4, 0.5) is 10.1 Å². The molecule has 3 rings (SSSR count). The number of anilines is 1. The maximum atomic E-state index is 13.1. The Morgan fingerprint density at radius 1 is 1.15 bits per heavy atom. The molecule has 1 nitrogen and oxygen atoms in total. The van der Waals surface area contributed by atoms with E-state index in [0.717, 1.165) is 5.69 Å². The molecule has 3 heteroatoms. The molecule has 1 aliphatic carbocycles. The molecule has 0 aliphatic heterocycles. The summed E-state index contributed by atoms with van der Waals surface area (Å²) in [7, 11) is 0. The average Bonchev–Trinajstić information content (AvgIpc) is 3.31. The van der Waals surface area contributed by atoms with E-state index in [4.69, 9.17) is 0 Å². The van der Waals surface area contributed by atoms with Crippen molar-refractivity contribution >= 4 is 17.4 Å². The van der Waals surface area contributed by atoms with Gasteiger partial charge in [-0.2, -0.15) is 0 Å². The van der Waals surface area contributed by atoms with Crippen molar-refractivity contribution < 1.29 is 4.39 Å². The molecule has 2 aromatic rings. The average molecular weight is 287 g/mol. The zero-order valence-electron chi connectivity index (χ0n) is 11.5. The van der Waals surface area contributed by atoms with Crippen molar-refractivity contribution in [3.8, 4) is 0 Å². The van der Waals surface area contributed by atoms with E-state index in [-0.39, 0.29) is 11.9 Å². The number of benzene rings is 2. The summed E-state index contributed by atoms with van der Waals surface area (Å²) in [6.45, 7) is 0. The van der Waals surface area contributed by atoms with E-state index in [1.54, 1.807) is 23.9 Å². The van der Waals surface area contributed by atoms with Crippen LogP contribution < -0.4 is 5.32 Å². The van der Waals surface area contributed by atoms with E-state index in [2.05, 4.69) is 35.8 Å². The number of nitrogens with one attached hydrogen (secondary N) is 1. The van der Waals surface area contributed by atoms with Gasteiger partial charge in [-0.25, -0.2) is 4.39 Å². The van der Waals surface area contributed by atoms with Crippen molar-refractivity contribution in [3.63, 3.8) is 0 Å². The van der Waals surface area contributed by atoms with E-state index in [0.29, 0.717) is 5.92 Å². The SMILES string of the molecule is CSc1cccc(NC(c2ccc(F)cc2)C2CC2)c1. The number of rotatable bonds is 5. The van der Waals surface area contributed by atoms with Gasteiger partial charge in [-0.05, 0) is 60.9 Å². The van der Waals surface area contributed by atoms with Crippen LogP contribution in [0.1, 0.15) is 24.4 Å². The van der Waals surface area contributed by atoms with Gasteiger partial charge in [-0.3, -0.25) is 0 Å². The summed E-state index contributed by atoms with van der Waals surface area (Å²) >= 11 is 1.74. The monoisotopic (exact) mass is 287 g/mol. The summed E-state index contributed by atoms with van der Waals surface area (Å²) < 4.78 is 13.1. The molecule has 0 heterocycles. The Hall–Kier alpha value is -1.48. The van der Waals surface area contributed by atoms with E-state index < -0.39 is 0 Å². The van der Waals surface area contributed by atoms with Crippen molar-refractivity contribution in [2.45, 2.75) is 23.8 Å². The largest absolute Gasteiger partial charge is 0.378 e. The lowest BCUT2D eigenvalue weighted by molar-refractivity contribution is 0.622. The fourth-order valence-electron chi connectivity index (χ4n) is 2.47. The summed E-state index contributed by atoms with van der Waals surface area (Å²) in [5.74, 6) is 0.492. The Balaban J connectivity index is 1.82. The van der Waals surface area contributed by atoms with Crippen LogP contribution in [0.5, 0.6) is 0 Å². The molecule has 1 atom stereocenters. The van der Waals surface area contributed by atoms with Crippen molar-refractivity contribution in [3.05, 3.63) is 59.9 Å². The van der Waals surface area contributed by atoms with Gasteiger partial charge in [0.1, 0.15) is 5.82 Å². The normalized spacial score (nSPS) is 15.9. The third kappa shape index (κ3) is 3.15. The van der Waals surface area contributed by atoms with Crippen LogP contribution in [0.2, 0.25) is 0 Å². The Morgan fingerprint density at radius 2 is 1.90 bits per heavy atom. The van der Waals surface area contributed by atoms with Gasteiger partial charge in [-0.15, -0.1) is 11.8 Å². The first-order valence-electron chi connectivity index (χ1n) is 6.92. The zero-order chi connectivity index (χ0) is 13.9. The minimum absolute atomic E-state index is 0.173. The molecule has 2 aromatic carbocycles. The van der Waals surface area contributed by atoms with Crippen molar-refractivity contribution in [2.24, 2.45) is 5.92 Å². The first-order chi connectivity index (χ1) is 9.76. The molecule has 1 fully saturated rings. The van der Waals surface area contributed by atoms with Crippen LogP contribution in [-0.2, 0) is 0 Å². The number of thioether (sulfide) groups is 1. The second-order valence-electron chi connectivity index (χ2n) is 5.24. The molecule has 0 bridgehead atoms. The van der Waals surface area contributed by atoms with Gasteiger partial charge in [0, 0.05) is 10.6 Å². The van der Waals surface area contributed by atoms with E-state index >= 15 is 0 Å². The van der Waals surface area contributed by atoms with Gasteiger partial charge in [0.25, 0.3) is 0 Å². The fourth-order valence-corrected chi connectivity index (χ4v) is 2.92. The summed E-state index contributed by atoms with van der Waals surface area (Å²) in [5.41, 5.74) is 2.31. The predicted octanol–water partition coefficient (Wildman–Crippen LogP) is 5.11. The molecule has 1 unspecified atom stereocenters. The lowest BCUT2D eigenvalue weighted by Crippen LogP contribution is -2.12. The Morgan fingerprint density at radius 3 is 2.55 bits per heavy atom. The van der Waals surface area contributed by atoms with E-state index in [1.807, 2.05) is 12.1 Å². The lowest BCUT2D eigenvalue weighted by atomic mass is 10.0. The topological polar surface area (TPSA) is 12.0 Å². The summed E-state index contributed by atoms with van der Waals surface area (Å²) in [6.07, 6.45) is 4.58. The molecule has 0 spiro atoms. The molecule has 1 saturated carbocycles. The van der Waals surface area contributed by atoms with Crippen LogP contribution in [0.25, 0.3) is 0 Å². The number of hydrogen-bond acceptors (Lipinski definition) is 2. The van der Waals surface area contributed by atoms with Crippen LogP contribution in [0.15, 0.2) is 53.4 Å². The highest BCUT2D eigenvalue weighted by atomic mass is 32.2. The molecule has 0 saturated heterocycles. The summed E-state index contributed by atoms with van der Waals surface area (Å²) in [5, 5.41) is 3.62. The molecular weight excluding hydrogens is 269 g/mol. The van der Waals surface area contributed by atoms with Gasteiger partial charge in [0.2, 0.25) is 0 Å². The van der Waals surface area contributed by atoms with Gasteiger partial charge in [0.15, 0.2) is 0 Å². The van der Waals surface area contributed by atoms with E-state index in [9.17, 15) is 4.39 Å². The highest BCUT2D eigenvalue weighted by Crippen LogP contribution is 2.43. The minimum atomic E-state index is -0.173. The summed E-state index contributed by atoms with van der Waals surface area (Å²) in [6, 6.07) is 15.6. The zero-order valence-corrected chi connectivity index (χ0v) is 12.3. The molecule has 0 aromatic heterocycles. The highest BCUT2D eigenvalue weighted by molar-refractivity contribution is 7.98. The summed E-state index contributed by atoms with van der Waals surface area (Å²) in [4.78, 5) is 1.25. The van der Waals surface area contributed by atoms with Crippen LogP contribution >= 0.6 is 11.8 Å². The first-order valence-corrected chi connectivity index (χ1v) is 8.15. The predicted molar refractivity (Wildman–Crippen MR) is 83.7 cm³/mol. The van der Waals surface area contributed by atoms with Crippen LogP contribution in [0.3, 0.4) is 0 Å². The second-order valence-corrected chi connectivity index (χ2v) is 6.12. The van der Waals surface area contributed by atoms with Crippen molar-refractivity contribution in [1.29, 1.82) is 0 Å². The highest BCUT2D eigenvalue weighted by Gasteiger charge is 2.32. The van der Waals surface area contributed by atoms with Gasteiger partial charge < -0.3 is 5.32 Å². The third-order valence-electron chi connectivity index (χ3n) is 3.71. The number of hydrogen-bond donors (Lipinski definition) is 1. The maximum Gasteiger partial charge on any atom is 0.123 e. The Bertz CT molecular complexity index is 578. The molecule has 0 radical (unpaired) electrons. The van der Waals surface area contributed by atoms with Gasteiger partial charge in [-0.1, -0.05) is 18.2 Å². The smallest absolute Gasteiger partial charge is 0.123 e. The standard InChI is InChI=1S/C17H18FNS/c1-20-16-4-2-3-15(11-16)19-17(12-5-6-12)13-7-9-14(18)10-8-13/h2-4,7-12,17,19H,5-6H2,1H3. The van der Waals surface area contributed by atoms with Crippen molar-refractivity contribution in [2.75, 3.05) is 11.6 Å². The van der Waals surface area contributed by atoms with Gasteiger partial charge in [0.05, 0.1) is 6.04 Å². The number of halogens is 1. The van der Waals surface area contributed by atoms with E-state index in [1.165, 1.54) is 23.3 Å². The fraction of sp³-hybridized carbons (Fsp3) is 0.294. The lowest BCUT2D eigenvalue weighted by Gasteiger charge is -2.20. The molecule has 0 amide bonds. The molecule has 1 aliphatic rings. The van der Waals surface area contributed by atoms with Crippen LogP contribution in [-0.4, -0.2) is 6.26 Å². The molecule has 20 heavy (non-hydrogen) atoms. The first kappa shape index (κ1) is 13.5. The molecule has 104 valence electrons. The second kappa shape index (κ2) is 5.88. The van der Waals surface area contributed by atoms with Crippen molar-refractivity contribution in [1.82, 2.24) is 0 Å². The third-order valence-corrected chi connectivity index (χ3v) is 4.44. The molecular formula is C17H18FNS. The minimum Gasteiger partial charge on any atom is -0.378 e. The van der Waals surface area contributed by atoms with Crippen LogP contribution in [0, 0.1) is 11.7 Å².